The van der Waals surface area contributed by atoms with Crippen LogP contribution in [0.5, 0.6) is 0 Å². The van der Waals surface area contributed by atoms with E-state index in [4.69, 9.17) is 5.73 Å². The van der Waals surface area contributed by atoms with Crippen molar-refractivity contribution in [2.75, 3.05) is 10.6 Å². The van der Waals surface area contributed by atoms with Gasteiger partial charge in [-0.1, -0.05) is 12.8 Å². The van der Waals surface area contributed by atoms with E-state index in [1.165, 1.54) is 6.07 Å². The minimum Gasteiger partial charge on any atom is -0.396 e. The van der Waals surface area contributed by atoms with Crippen LogP contribution in [-0.2, 0) is 10.2 Å². The van der Waals surface area contributed by atoms with Crippen LogP contribution >= 0.6 is 0 Å². The average Bonchev–Trinajstić information content (AvgIpc) is 3.04. The lowest BCUT2D eigenvalue weighted by molar-refractivity contribution is -0.123. The van der Waals surface area contributed by atoms with Crippen LogP contribution < -0.4 is 10.6 Å². The standard InChI is InChI=1S/C15H17FN2O/c16-11-8-13-10(7-12(11)17)15(5-1-2-6-15)14(19)18(13)9-3-4-9/h7-9H,1-6,17H2. The number of rotatable bonds is 1. The first kappa shape index (κ1) is 11.3. The summed E-state index contributed by atoms with van der Waals surface area (Å²) in [5, 5.41) is 0. The molecule has 1 aliphatic heterocycles. The Morgan fingerprint density at radius 3 is 2.58 bits per heavy atom. The molecule has 4 rings (SSSR count). The fourth-order valence-corrected chi connectivity index (χ4v) is 3.77. The monoisotopic (exact) mass is 260 g/mol. The molecule has 2 aliphatic carbocycles. The highest BCUT2D eigenvalue weighted by molar-refractivity contribution is 6.09. The van der Waals surface area contributed by atoms with Crippen LogP contribution in [0.2, 0.25) is 0 Å². The maximum atomic E-state index is 13.8. The zero-order chi connectivity index (χ0) is 13.2. The quantitative estimate of drug-likeness (QED) is 0.789. The fraction of sp³-hybridized carbons (Fsp3) is 0.533. The molecule has 3 nitrogen and oxygen atoms in total. The van der Waals surface area contributed by atoms with Crippen LogP contribution in [0.4, 0.5) is 15.8 Å². The number of benzene rings is 1. The third-order valence-electron chi connectivity index (χ3n) is 4.89. The molecule has 1 amide bonds. The van der Waals surface area contributed by atoms with E-state index in [2.05, 4.69) is 0 Å². The van der Waals surface area contributed by atoms with Gasteiger partial charge in [0.25, 0.3) is 0 Å². The van der Waals surface area contributed by atoms with Crippen LogP contribution in [0.15, 0.2) is 12.1 Å². The molecule has 1 aromatic rings. The molecule has 1 spiro atoms. The smallest absolute Gasteiger partial charge is 0.237 e. The lowest BCUT2D eigenvalue weighted by Gasteiger charge is -2.23. The highest BCUT2D eigenvalue weighted by Gasteiger charge is 2.55. The topological polar surface area (TPSA) is 46.3 Å². The molecule has 0 aromatic heterocycles. The number of fused-ring (bicyclic) bond motifs is 2. The van der Waals surface area contributed by atoms with Crippen molar-refractivity contribution in [2.24, 2.45) is 0 Å². The van der Waals surface area contributed by atoms with Crippen molar-refractivity contribution in [3.63, 3.8) is 0 Å². The van der Waals surface area contributed by atoms with Crippen molar-refractivity contribution in [1.29, 1.82) is 0 Å². The Balaban J connectivity index is 1.94. The van der Waals surface area contributed by atoms with Crippen molar-refractivity contribution in [1.82, 2.24) is 0 Å². The molecule has 0 saturated heterocycles. The largest absolute Gasteiger partial charge is 0.396 e. The van der Waals surface area contributed by atoms with E-state index >= 15 is 0 Å². The van der Waals surface area contributed by atoms with Crippen molar-refractivity contribution < 1.29 is 9.18 Å². The summed E-state index contributed by atoms with van der Waals surface area (Å²) >= 11 is 0. The Bertz CT molecular complexity index is 574. The molecular weight excluding hydrogens is 243 g/mol. The number of nitrogens with two attached hydrogens (primary N) is 1. The van der Waals surface area contributed by atoms with E-state index in [0.717, 1.165) is 49.8 Å². The van der Waals surface area contributed by atoms with Gasteiger partial charge in [-0.25, -0.2) is 4.39 Å². The van der Waals surface area contributed by atoms with Gasteiger partial charge >= 0.3 is 0 Å². The Kier molecular flexibility index (Phi) is 2.07. The van der Waals surface area contributed by atoms with E-state index < -0.39 is 11.2 Å². The van der Waals surface area contributed by atoms with Gasteiger partial charge in [0.2, 0.25) is 5.91 Å². The second-order valence-corrected chi connectivity index (χ2v) is 6.09. The number of carbonyl (C=O) groups excluding carboxylic acids is 1. The molecule has 2 N–H and O–H groups in total. The fourth-order valence-electron chi connectivity index (χ4n) is 3.77. The molecule has 0 bridgehead atoms. The lowest BCUT2D eigenvalue weighted by Crippen LogP contribution is -2.39. The molecule has 0 unspecified atom stereocenters. The number of anilines is 2. The zero-order valence-electron chi connectivity index (χ0n) is 10.8. The second kappa shape index (κ2) is 3.50. The molecule has 0 atom stereocenters. The predicted octanol–water partition coefficient (Wildman–Crippen LogP) is 2.73. The van der Waals surface area contributed by atoms with Gasteiger partial charge in [-0.2, -0.15) is 0 Å². The van der Waals surface area contributed by atoms with Crippen LogP contribution in [0.25, 0.3) is 0 Å². The molecule has 2 fully saturated rings. The molecule has 4 heteroatoms. The summed E-state index contributed by atoms with van der Waals surface area (Å²) < 4.78 is 13.8. The highest BCUT2D eigenvalue weighted by Crippen LogP contribution is 2.54. The zero-order valence-corrected chi connectivity index (χ0v) is 10.8. The third-order valence-corrected chi connectivity index (χ3v) is 4.89. The van der Waals surface area contributed by atoms with Gasteiger partial charge in [-0.3, -0.25) is 4.79 Å². The third kappa shape index (κ3) is 1.34. The maximum absolute atomic E-state index is 13.8. The van der Waals surface area contributed by atoms with Crippen molar-refractivity contribution in [3.05, 3.63) is 23.5 Å². The summed E-state index contributed by atoms with van der Waals surface area (Å²) in [5.74, 6) is -0.222. The lowest BCUT2D eigenvalue weighted by atomic mass is 9.80. The van der Waals surface area contributed by atoms with Crippen molar-refractivity contribution in [3.8, 4) is 0 Å². The van der Waals surface area contributed by atoms with Gasteiger partial charge in [0, 0.05) is 12.1 Å². The van der Waals surface area contributed by atoms with Gasteiger partial charge in [0.05, 0.1) is 16.8 Å². The Morgan fingerprint density at radius 2 is 1.95 bits per heavy atom. The summed E-state index contributed by atoms with van der Waals surface area (Å²) in [6.07, 6.45) is 5.97. The number of hydrogen-bond acceptors (Lipinski definition) is 2. The number of halogens is 1. The van der Waals surface area contributed by atoms with Gasteiger partial charge in [0.15, 0.2) is 0 Å². The van der Waals surface area contributed by atoms with Crippen LogP contribution in [0.3, 0.4) is 0 Å². The molecule has 1 aromatic carbocycles. The minimum absolute atomic E-state index is 0.162. The summed E-state index contributed by atoms with van der Waals surface area (Å²) in [4.78, 5) is 14.7. The first-order valence-corrected chi connectivity index (χ1v) is 7.07. The number of hydrogen-bond donors (Lipinski definition) is 1. The maximum Gasteiger partial charge on any atom is 0.237 e. The Labute approximate surface area is 111 Å². The van der Waals surface area contributed by atoms with Crippen LogP contribution in [0, 0.1) is 5.82 Å². The first-order chi connectivity index (χ1) is 9.13. The number of carbonyl (C=O) groups is 1. The van der Waals surface area contributed by atoms with Crippen LogP contribution in [0.1, 0.15) is 44.1 Å². The van der Waals surface area contributed by atoms with Crippen molar-refractivity contribution >= 4 is 17.3 Å². The Hall–Kier alpha value is -1.58. The van der Waals surface area contributed by atoms with Crippen molar-refractivity contribution in [2.45, 2.75) is 50.0 Å². The van der Waals surface area contributed by atoms with Gasteiger partial charge in [-0.05, 0) is 37.3 Å². The molecule has 1 heterocycles. The summed E-state index contributed by atoms with van der Waals surface area (Å²) in [7, 11) is 0. The van der Waals surface area contributed by atoms with Gasteiger partial charge < -0.3 is 10.6 Å². The molecule has 100 valence electrons. The number of amides is 1. The van der Waals surface area contributed by atoms with E-state index in [0.29, 0.717) is 0 Å². The summed E-state index contributed by atoms with van der Waals surface area (Å²) in [6, 6.07) is 3.46. The highest BCUT2D eigenvalue weighted by atomic mass is 19.1. The summed E-state index contributed by atoms with van der Waals surface area (Å²) in [5.41, 5.74) is 7.23. The van der Waals surface area contributed by atoms with E-state index in [1.807, 2.05) is 4.90 Å². The second-order valence-electron chi connectivity index (χ2n) is 6.09. The number of nitrogens with zero attached hydrogens (tertiary/aromatic N) is 1. The molecular formula is C15H17FN2O. The predicted molar refractivity (Wildman–Crippen MR) is 71.5 cm³/mol. The van der Waals surface area contributed by atoms with E-state index in [1.54, 1.807) is 6.07 Å². The number of nitrogen functional groups attached to an aromatic ring is 1. The molecule has 2 saturated carbocycles. The molecule has 3 aliphatic rings. The van der Waals surface area contributed by atoms with Gasteiger partial charge in [-0.15, -0.1) is 0 Å². The summed E-state index contributed by atoms with van der Waals surface area (Å²) in [6.45, 7) is 0. The Morgan fingerprint density at radius 1 is 1.26 bits per heavy atom. The normalized spacial score (nSPS) is 24.3. The average molecular weight is 260 g/mol. The molecule has 0 radical (unpaired) electrons. The van der Waals surface area contributed by atoms with Gasteiger partial charge in [0.1, 0.15) is 5.82 Å². The first-order valence-electron chi connectivity index (χ1n) is 7.07. The van der Waals surface area contributed by atoms with Crippen LogP contribution in [-0.4, -0.2) is 11.9 Å². The SMILES string of the molecule is Nc1cc2c(cc1F)N(C1CC1)C(=O)C21CCCC1. The molecule has 19 heavy (non-hydrogen) atoms. The minimum atomic E-state index is -0.410. The van der Waals surface area contributed by atoms with E-state index in [-0.39, 0.29) is 17.6 Å². The van der Waals surface area contributed by atoms with E-state index in [9.17, 15) is 9.18 Å².